The lowest BCUT2D eigenvalue weighted by molar-refractivity contribution is -0.137. The number of anilines is 1. The van der Waals surface area contributed by atoms with Gasteiger partial charge in [0.25, 0.3) is 0 Å². The van der Waals surface area contributed by atoms with Crippen LogP contribution in [0, 0.1) is 0 Å². The lowest BCUT2D eigenvalue weighted by Gasteiger charge is -2.18. The van der Waals surface area contributed by atoms with E-state index in [4.69, 9.17) is 16.7 Å². The van der Waals surface area contributed by atoms with Gasteiger partial charge < -0.3 is 10.0 Å². The van der Waals surface area contributed by atoms with Gasteiger partial charge in [-0.15, -0.1) is 0 Å². The highest BCUT2D eigenvalue weighted by molar-refractivity contribution is 6.32. The van der Waals surface area contributed by atoms with Crippen LogP contribution in [0.5, 0.6) is 0 Å². The number of carbonyl (C=O) groups excluding carboxylic acids is 1. The minimum absolute atomic E-state index is 0.0282. The van der Waals surface area contributed by atoms with Gasteiger partial charge in [-0.1, -0.05) is 139 Å². The molecule has 0 radical (unpaired) electrons. The summed E-state index contributed by atoms with van der Waals surface area (Å²) in [5.74, 6) is -0.681. The summed E-state index contributed by atoms with van der Waals surface area (Å²) < 4.78 is 0. The summed E-state index contributed by atoms with van der Waals surface area (Å²) in [4.78, 5) is 28.5. The molecule has 1 aliphatic rings. The van der Waals surface area contributed by atoms with Crippen molar-refractivity contribution in [2.75, 3.05) is 18.5 Å². The molecule has 1 heterocycles. The first-order chi connectivity index (χ1) is 19.4. The van der Waals surface area contributed by atoms with Crippen LogP contribution in [0.25, 0.3) is 0 Å². The standard InChI is InChI=1S/C18H36O2.C16H13ClN2O/c1-2-3-4-5-6-7-8-9-10-11-12-13-14-15-16-17-18(19)20;1-19-14-8-7-12(17)9-13(14)16(18-10-15(19)20)11-5-3-2-4-6-11/h2-17H2,1H3,(H,19,20);2-9H,10H2,1H3. The van der Waals surface area contributed by atoms with Gasteiger partial charge in [0.05, 0.1) is 11.4 Å². The quantitative estimate of drug-likeness (QED) is 0.193. The number of hydrogen-bond acceptors (Lipinski definition) is 3. The summed E-state index contributed by atoms with van der Waals surface area (Å²) in [6.45, 7) is 2.42. The zero-order valence-corrected chi connectivity index (χ0v) is 25.4. The molecule has 0 bridgehead atoms. The number of carboxylic acids is 1. The van der Waals surface area contributed by atoms with Crippen molar-refractivity contribution in [3.05, 3.63) is 64.7 Å². The van der Waals surface area contributed by atoms with Gasteiger partial charge in [0.1, 0.15) is 6.54 Å². The highest BCUT2D eigenvalue weighted by Gasteiger charge is 2.22. The van der Waals surface area contributed by atoms with Crippen LogP contribution in [0.15, 0.2) is 53.5 Å². The molecule has 5 nitrogen and oxygen atoms in total. The summed E-state index contributed by atoms with van der Waals surface area (Å²) in [7, 11) is 1.76. The van der Waals surface area contributed by atoms with Gasteiger partial charge in [-0.25, -0.2) is 0 Å². The van der Waals surface area contributed by atoms with Crippen molar-refractivity contribution >= 4 is 34.9 Å². The van der Waals surface area contributed by atoms with Crippen LogP contribution in [0.4, 0.5) is 5.69 Å². The molecule has 3 rings (SSSR count). The smallest absolute Gasteiger partial charge is 0.303 e. The zero-order chi connectivity index (χ0) is 29.0. The normalized spacial score (nSPS) is 12.7. The molecule has 0 fully saturated rings. The Bertz CT molecular complexity index is 1040. The molecule has 0 unspecified atom stereocenters. The number of fused-ring (bicyclic) bond motifs is 1. The number of likely N-dealkylation sites (N-methyl/N-ethyl adjacent to an activating group) is 1. The van der Waals surface area contributed by atoms with E-state index in [0.717, 1.165) is 35.4 Å². The van der Waals surface area contributed by atoms with Gasteiger partial charge in [-0.2, -0.15) is 0 Å². The van der Waals surface area contributed by atoms with Crippen molar-refractivity contribution in [1.82, 2.24) is 0 Å². The zero-order valence-electron chi connectivity index (χ0n) is 24.7. The van der Waals surface area contributed by atoms with E-state index < -0.39 is 5.97 Å². The van der Waals surface area contributed by atoms with E-state index in [0.29, 0.717) is 11.4 Å². The van der Waals surface area contributed by atoms with E-state index in [1.807, 2.05) is 42.5 Å². The van der Waals surface area contributed by atoms with E-state index in [9.17, 15) is 9.59 Å². The second-order valence-electron chi connectivity index (χ2n) is 10.7. The third kappa shape index (κ3) is 13.1. The molecule has 0 atom stereocenters. The second-order valence-corrected chi connectivity index (χ2v) is 11.2. The summed E-state index contributed by atoms with van der Waals surface area (Å²) >= 11 is 6.11. The van der Waals surface area contributed by atoms with Crippen LogP contribution in [-0.4, -0.2) is 36.3 Å². The van der Waals surface area contributed by atoms with Gasteiger partial charge in [-0.05, 0) is 24.6 Å². The first-order valence-corrected chi connectivity index (χ1v) is 15.7. The molecule has 2 aromatic rings. The SMILES string of the molecule is CCCCCCCCCCCCCCCCCC(=O)O.CN1C(=O)CN=C(c2ccccc2)c2cc(Cl)ccc21. The Morgan fingerprint density at radius 1 is 0.825 bits per heavy atom. The molecule has 6 heteroatoms. The number of aliphatic carboxylic acids is 1. The molecule has 1 amide bonds. The van der Waals surface area contributed by atoms with Gasteiger partial charge >= 0.3 is 5.97 Å². The average Bonchev–Trinajstić information content (AvgIpc) is 3.07. The third-order valence-corrected chi connectivity index (χ3v) is 7.60. The van der Waals surface area contributed by atoms with E-state index >= 15 is 0 Å². The Kier molecular flexibility index (Phi) is 17.0. The average molecular weight is 569 g/mol. The van der Waals surface area contributed by atoms with Crippen molar-refractivity contribution in [2.45, 2.75) is 110 Å². The Hall–Kier alpha value is -2.66. The van der Waals surface area contributed by atoms with Gasteiger partial charge in [0.2, 0.25) is 5.91 Å². The van der Waals surface area contributed by atoms with Crippen LogP contribution < -0.4 is 4.90 Å². The maximum absolute atomic E-state index is 12.0. The number of amides is 1. The van der Waals surface area contributed by atoms with Crippen LogP contribution in [-0.2, 0) is 9.59 Å². The number of halogens is 1. The monoisotopic (exact) mass is 568 g/mol. The molecular formula is C34H49ClN2O3. The molecule has 0 aliphatic carbocycles. The molecule has 0 aromatic heterocycles. The summed E-state index contributed by atoms with van der Waals surface area (Å²) in [6, 6.07) is 15.3. The van der Waals surface area contributed by atoms with E-state index in [1.54, 1.807) is 18.0 Å². The van der Waals surface area contributed by atoms with Crippen LogP contribution in [0.2, 0.25) is 5.02 Å². The van der Waals surface area contributed by atoms with Crippen molar-refractivity contribution in [3.63, 3.8) is 0 Å². The van der Waals surface area contributed by atoms with Crippen LogP contribution in [0.3, 0.4) is 0 Å². The molecule has 0 saturated carbocycles. The Morgan fingerprint density at radius 2 is 1.35 bits per heavy atom. The number of carbonyl (C=O) groups is 2. The summed E-state index contributed by atoms with van der Waals surface area (Å²) in [5, 5.41) is 9.15. The number of unbranched alkanes of at least 4 members (excludes halogenated alkanes) is 14. The fourth-order valence-electron chi connectivity index (χ4n) is 4.95. The maximum Gasteiger partial charge on any atom is 0.303 e. The maximum atomic E-state index is 12.0. The van der Waals surface area contributed by atoms with E-state index in [2.05, 4.69) is 11.9 Å². The third-order valence-electron chi connectivity index (χ3n) is 7.36. The molecular weight excluding hydrogens is 520 g/mol. The summed E-state index contributed by atoms with van der Waals surface area (Å²) in [5.41, 5.74) is 3.51. The molecule has 2 aromatic carbocycles. The second kappa shape index (κ2) is 20.3. The lowest BCUT2D eigenvalue weighted by atomic mass is 10.0. The van der Waals surface area contributed by atoms with Crippen LogP contribution >= 0.6 is 11.6 Å². The number of hydrogen-bond donors (Lipinski definition) is 1. The minimum atomic E-state index is -0.653. The first kappa shape index (κ1) is 33.5. The van der Waals surface area contributed by atoms with Gasteiger partial charge in [0, 0.05) is 29.6 Å². The number of rotatable bonds is 17. The van der Waals surface area contributed by atoms with Crippen molar-refractivity contribution in [3.8, 4) is 0 Å². The number of aliphatic imine (C=N–C) groups is 1. The molecule has 0 spiro atoms. The topological polar surface area (TPSA) is 70.0 Å². The van der Waals surface area contributed by atoms with E-state index in [-0.39, 0.29) is 12.5 Å². The number of benzodiazepines with no additional fused rings is 1. The largest absolute Gasteiger partial charge is 0.481 e. The van der Waals surface area contributed by atoms with Gasteiger partial charge in [-0.3, -0.25) is 14.6 Å². The highest BCUT2D eigenvalue weighted by atomic mass is 35.5. The van der Waals surface area contributed by atoms with E-state index in [1.165, 1.54) is 83.5 Å². The first-order valence-electron chi connectivity index (χ1n) is 15.3. The number of nitrogens with zero attached hydrogens (tertiary/aromatic N) is 2. The Labute approximate surface area is 247 Å². The summed E-state index contributed by atoms with van der Waals surface area (Å²) in [6.07, 6.45) is 20.2. The van der Waals surface area contributed by atoms with Crippen molar-refractivity contribution in [2.24, 2.45) is 4.99 Å². The number of carboxylic acid groups (broad SMARTS) is 1. The molecule has 1 N–H and O–H groups in total. The molecule has 40 heavy (non-hydrogen) atoms. The predicted molar refractivity (Wildman–Crippen MR) is 169 cm³/mol. The highest BCUT2D eigenvalue weighted by Crippen LogP contribution is 2.28. The molecule has 220 valence electrons. The minimum Gasteiger partial charge on any atom is -0.481 e. The van der Waals surface area contributed by atoms with Gasteiger partial charge in [0.15, 0.2) is 0 Å². The Morgan fingerprint density at radius 3 is 1.88 bits per heavy atom. The molecule has 0 saturated heterocycles. The Balaban J connectivity index is 0.000000280. The van der Waals surface area contributed by atoms with Crippen LogP contribution in [0.1, 0.15) is 121 Å². The van der Waals surface area contributed by atoms with Crippen molar-refractivity contribution in [1.29, 1.82) is 0 Å². The predicted octanol–water partition coefficient (Wildman–Crippen LogP) is 9.49. The number of benzene rings is 2. The molecule has 1 aliphatic heterocycles. The lowest BCUT2D eigenvalue weighted by Crippen LogP contribution is -2.27. The fraction of sp³-hybridized carbons (Fsp3) is 0.559. The van der Waals surface area contributed by atoms with Crippen molar-refractivity contribution < 1.29 is 14.7 Å². The fourth-order valence-corrected chi connectivity index (χ4v) is 5.13.